The van der Waals surface area contributed by atoms with Crippen LogP contribution in [0.2, 0.25) is 0 Å². The van der Waals surface area contributed by atoms with E-state index in [1.165, 1.54) is 15.3 Å². The lowest BCUT2D eigenvalue weighted by atomic mass is 10.1. The van der Waals surface area contributed by atoms with Crippen molar-refractivity contribution in [1.29, 1.82) is 0 Å². The van der Waals surface area contributed by atoms with E-state index in [9.17, 15) is 0 Å². The van der Waals surface area contributed by atoms with E-state index in [4.69, 9.17) is 4.74 Å². The van der Waals surface area contributed by atoms with E-state index in [0.717, 1.165) is 11.6 Å². The lowest BCUT2D eigenvalue weighted by molar-refractivity contribution is 0.340. The van der Waals surface area contributed by atoms with Crippen LogP contribution >= 0.6 is 11.3 Å². The molecular formula is C15H20N2OS. The summed E-state index contributed by atoms with van der Waals surface area (Å²) in [4.78, 5) is 7.06. The molecule has 2 heterocycles. The third-order valence-corrected chi connectivity index (χ3v) is 3.95. The van der Waals surface area contributed by atoms with Crippen molar-refractivity contribution in [2.45, 2.75) is 33.7 Å². The second-order valence-electron chi connectivity index (χ2n) is 4.52. The predicted octanol–water partition coefficient (Wildman–Crippen LogP) is 4.33. The van der Waals surface area contributed by atoms with Gasteiger partial charge in [0.15, 0.2) is 11.6 Å². The number of ether oxygens (including phenoxy) is 1. The highest BCUT2D eigenvalue weighted by Crippen LogP contribution is 2.30. The molecule has 0 bridgehead atoms. The number of aromatic nitrogens is 1. The summed E-state index contributed by atoms with van der Waals surface area (Å²) in [5.74, 6) is 1.61. The van der Waals surface area contributed by atoms with E-state index in [1.54, 1.807) is 6.20 Å². The molecule has 1 unspecified atom stereocenters. The summed E-state index contributed by atoms with van der Waals surface area (Å²) in [5, 5.41) is 3.44. The Morgan fingerprint density at radius 3 is 2.84 bits per heavy atom. The number of anilines is 1. The van der Waals surface area contributed by atoms with Crippen molar-refractivity contribution in [1.82, 2.24) is 4.98 Å². The Bertz CT molecular complexity index is 551. The normalized spacial score (nSPS) is 12.2. The molecule has 0 aliphatic carbocycles. The molecule has 0 aliphatic rings. The number of thiophene rings is 1. The van der Waals surface area contributed by atoms with Gasteiger partial charge in [0.2, 0.25) is 0 Å². The van der Waals surface area contributed by atoms with Gasteiger partial charge in [-0.05, 0) is 51.5 Å². The van der Waals surface area contributed by atoms with Crippen LogP contribution in [0.3, 0.4) is 0 Å². The third-order valence-electron chi connectivity index (χ3n) is 2.97. The summed E-state index contributed by atoms with van der Waals surface area (Å²) in [6, 6.07) is 6.29. The molecule has 2 aromatic heterocycles. The van der Waals surface area contributed by atoms with Gasteiger partial charge in [0.05, 0.1) is 12.6 Å². The Hall–Kier alpha value is -1.55. The molecule has 4 heteroatoms. The van der Waals surface area contributed by atoms with Crippen molar-refractivity contribution >= 4 is 17.2 Å². The molecule has 0 saturated carbocycles. The van der Waals surface area contributed by atoms with Gasteiger partial charge in [0.1, 0.15) is 0 Å². The molecule has 0 aromatic carbocycles. The van der Waals surface area contributed by atoms with Gasteiger partial charge >= 0.3 is 0 Å². The number of hydrogen-bond acceptors (Lipinski definition) is 4. The maximum Gasteiger partial charge on any atom is 0.169 e. The summed E-state index contributed by atoms with van der Waals surface area (Å²) in [6.45, 7) is 9.07. The number of hydrogen-bond donors (Lipinski definition) is 1. The zero-order valence-electron chi connectivity index (χ0n) is 11.9. The molecule has 19 heavy (non-hydrogen) atoms. The Morgan fingerprint density at radius 1 is 1.42 bits per heavy atom. The van der Waals surface area contributed by atoms with Gasteiger partial charge in [-0.2, -0.15) is 0 Å². The Kier molecular flexibility index (Phi) is 4.43. The van der Waals surface area contributed by atoms with Crippen LogP contribution in [-0.4, -0.2) is 11.6 Å². The first-order valence-corrected chi connectivity index (χ1v) is 7.34. The molecule has 0 saturated heterocycles. The fraction of sp³-hybridized carbons (Fsp3) is 0.400. The first kappa shape index (κ1) is 13.9. The summed E-state index contributed by atoms with van der Waals surface area (Å²) in [7, 11) is 0. The molecule has 2 rings (SSSR count). The van der Waals surface area contributed by atoms with Crippen molar-refractivity contribution in [2.24, 2.45) is 0 Å². The minimum absolute atomic E-state index is 0.221. The maximum absolute atomic E-state index is 5.59. The van der Waals surface area contributed by atoms with Crippen LogP contribution in [0.25, 0.3) is 0 Å². The van der Waals surface area contributed by atoms with Gasteiger partial charge in [0.25, 0.3) is 0 Å². The van der Waals surface area contributed by atoms with Gasteiger partial charge in [-0.15, -0.1) is 11.3 Å². The third kappa shape index (κ3) is 3.26. The number of nitrogens with one attached hydrogen (secondary N) is 1. The molecule has 1 N–H and O–H groups in total. The molecule has 0 aliphatic heterocycles. The second kappa shape index (κ2) is 6.06. The first-order chi connectivity index (χ1) is 9.11. The zero-order valence-corrected chi connectivity index (χ0v) is 12.7. The van der Waals surface area contributed by atoms with Gasteiger partial charge in [-0.1, -0.05) is 0 Å². The number of pyridine rings is 1. The quantitative estimate of drug-likeness (QED) is 0.882. The fourth-order valence-corrected chi connectivity index (χ4v) is 3.16. The van der Waals surface area contributed by atoms with E-state index < -0.39 is 0 Å². The average Bonchev–Trinajstić information content (AvgIpc) is 2.71. The van der Waals surface area contributed by atoms with Gasteiger partial charge in [0, 0.05) is 16.0 Å². The Labute approximate surface area is 118 Å². The lowest BCUT2D eigenvalue weighted by Gasteiger charge is -2.17. The summed E-state index contributed by atoms with van der Waals surface area (Å²) in [5.41, 5.74) is 1.33. The first-order valence-electron chi connectivity index (χ1n) is 6.53. The van der Waals surface area contributed by atoms with Crippen molar-refractivity contribution in [3.63, 3.8) is 0 Å². The van der Waals surface area contributed by atoms with E-state index in [-0.39, 0.29) is 6.04 Å². The summed E-state index contributed by atoms with van der Waals surface area (Å²) in [6.07, 6.45) is 1.78. The lowest BCUT2D eigenvalue weighted by Crippen LogP contribution is -2.09. The molecule has 102 valence electrons. The minimum atomic E-state index is 0.221. The van der Waals surface area contributed by atoms with Crippen molar-refractivity contribution in [2.75, 3.05) is 11.9 Å². The Balaban J connectivity index is 2.19. The SMILES string of the molecule is CCOc1cccnc1NC(C)c1cc(C)sc1C. The number of aryl methyl sites for hydroxylation is 2. The molecule has 0 fully saturated rings. The van der Waals surface area contributed by atoms with E-state index in [1.807, 2.05) is 30.4 Å². The summed E-state index contributed by atoms with van der Waals surface area (Å²) >= 11 is 1.83. The molecular weight excluding hydrogens is 256 g/mol. The van der Waals surface area contributed by atoms with Crippen LogP contribution < -0.4 is 10.1 Å². The minimum Gasteiger partial charge on any atom is -0.490 e. The second-order valence-corrected chi connectivity index (χ2v) is 5.98. The molecule has 3 nitrogen and oxygen atoms in total. The zero-order chi connectivity index (χ0) is 13.8. The molecule has 2 aromatic rings. The van der Waals surface area contributed by atoms with Gasteiger partial charge in [-0.25, -0.2) is 4.98 Å². The monoisotopic (exact) mass is 276 g/mol. The van der Waals surface area contributed by atoms with Gasteiger partial charge < -0.3 is 10.1 Å². The number of nitrogens with zero attached hydrogens (tertiary/aromatic N) is 1. The molecule has 1 atom stereocenters. The largest absolute Gasteiger partial charge is 0.490 e. The molecule has 0 amide bonds. The highest BCUT2D eigenvalue weighted by atomic mass is 32.1. The highest BCUT2D eigenvalue weighted by molar-refractivity contribution is 7.12. The van der Waals surface area contributed by atoms with E-state index >= 15 is 0 Å². The van der Waals surface area contributed by atoms with E-state index in [0.29, 0.717) is 6.61 Å². The van der Waals surface area contributed by atoms with E-state index in [2.05, 4.69) is 37.1 Å². The standard InChI is InChI=1S/C15H20N2OS/c1-5-18-14-7-6-8-16-15(14)17-11(3)13-9-10(2)19-12(13)4/h6-9,11H,5H2,1-4H3,(H,16,17). The highest BCUT2D eigenvalue weighted by Gasteiger charge is 2.13. The molecule has 0 spiro atoms. The molecule has 0 radical (unpaired) electrons. The predicted molar refractivity (Wildman–Crippen MR) is 81.2 cm³/mol. The van der Waals surface area contributed by atoms with Crippen molar-refractivity contribution in [3.8, 4) is 5.75 Å². The van der Waals surface area contributed by atoms with Crippen LogP contribution in [0.4, 0.5) is 5.82 Å². The van der Waals surface area contributed by atoms with Crippen LogP contribution in [0.5, 0.6) is 5.75 Å². The number of rotatable bonds is 5. The smallest absolute Gasteiger partial charge is 0.169 e. The Morgan fingerprint density at radius 2 is 2.21 bits per heavy atom. The van der Waals surface area contributed by atoms with Crippen molar-refractivity contribution in [3.05, 3.63) is 39.7 Å². The topological polar surface area (TPSA) is 34.1 Å². The van der Waals surface area contributed by atoms with Gasteiger partial charge in [-0.3, -0.25) is 0 Å². The maximum atomic E-state index is 5.59. The fourth-order valence-electron chi connectivity index (χ4n) is 2.13. The average molecular weight is 276 g/mol. The van der Waals surface area contributed by atoms with Crippen LogP contribution in [-0.2, 0) is 0 Å². The van der Waals surface area contributed by atoms with Crippen LogP contribution in [0.1, 0.15) is 35.2 Å². The van der Waals surface area contributed by atoms with Crippen LogP contribution in [0, 0.1) is 13.8 Å². The summed E-state index contributed by atoms with van der Waals surface area (Å²) < 4.78 is 5.59. The van der Waals surface area contributed by atoms with Crippen molar-refractivity contribution < 1.29 is 4.74 Å². The van der Waals surface area contributed by atoms with Crippen LogP contribution in [0.15, 0.2) is 24.4 Å².